The van der Waals surface area contributed by atoms with Crippen LogP contribution in [0.4, 0.5) is 0 Å². The summed E-state index contributed by atoms with van der Waals surface area (Å²) in [5.41, 5.74) is 3.86. The highest BCUT2D eigenvalue weighted by atomic mass is 31.1. The predicted octanol–water partition coefficient (Wildman–Crippen LogP) is 7.93. The minimum Gasteiger partial charge on any atom is -0.0991 e. The van der Waals surface area contributed by atoms with Gasteiger partial charge in [0.15, 0.2) is 0 Å². The van der Waals surface area contributed by atoms with Crippen molar-refractivity contribution in [2.75, 3.05) is 0 Å². The number of hydrogen-bond acceptors (Lipinski definition) is 0. The molecule has 2 unspecified atom stereocenters. The zero-order valence-electron chi connectivity index (χ0n) is 18.6. The molecule has 0 radical (unpaired) electrons. The van der Waals surface area contributed by atoms with E-state index >= 15 is 0 Å². The fraction of sp³-hybridized carbons (Fsp3) is 0.0968. The molecule has 0 N–H and O–H groups in total. The van der Waals surface area contributed by atoms with Crippen molar-refractivity contribution in [3.05, 3.63) is 145 Å². The first-order chi connectivity index (χ1) is 15.8. The van der Waals surface area contributed by atoms with Crippen LogP contribution in [0.5, 0.6) is 0 Å². The maximum Gasteiger partial charge on any atom is 0.00529 e. The standard InChI is InChI=1S/C31H29P/c1-3-5-12-25(4-2)27-17-21-30(22-18-27)32(29-15-10-7-11-16-29)31-23-19-28(20-24-31)26-13-8-6-9-14-26/h3-17,19-24,27H,1,18H2,2H3/b12-5-,25-4+. The molecule has 0 nitrogen and oxygen atoms in total. The molecule has 0 aromatic heterocycles. The van der Waals surface area contributed by atoms with Gasteiger partial charge in [0, 0.05) is 5.92 Å². The van der Waals surface area contributed by atoms with Crippen LogP contribution >= 0.6 is 7.92 Å². The summed E-state index contributed by atoms with van der Waals surface area (Å²) in [7, 11) is -0.583. The van der Waals surface area contributed by atoms with Crippen LogP contribution in [-0.4, -0.2) is 0 Å². The van der Waals surface area contributed by atoms with E-state index < -0.39 is 7.92 Å². The fourth-order valence-electron chi connectivity index (χ4n) is 4.09. The molecular formula is C31H29P. The molecule has 1 aliphatic rings. The summed E-state index contributed by atoms with van der Waals surface area (Å²) in [6.07, 6.45) is 16.4. The van der Waals surface area contributed by atoms with E-state index in [0.29, 0.717) is 5.92 Å². The number of rotatable bonds is 7. The average Bonchev–Trinajstić information content (AvgIpc) is 2.87. The minimum absolute atomic E-state index is 0.424. The van der Waals surface area contributed by atoms with Gasteiger partial charge in [0.2, 0.25) is 0 Å². The van der Waals surface area contributed by atoms with E-state index in [1.807, 2.05) is 12.2 Å². The first-order valence-electron chi connectivity index (χ1n) is 11.1. The van der Waals surface area contributed by atoms with E-state index in [1.54, 1.807) is 0 Å². The van der Waals surface area contributed by atoms with E-state index in [4.69, 9.17) is 0 Å². The van der Waals surface area contributed by atoms with E-state index in [1.165, 1.54) is 32.6 Å². The van der Waals surface area contributed by atoms with Gasteiger partial charge in [-0.25, -0.2) is 0 Å². The van der Waals surface area contributed by atoms with E-state index in [2.05, 4.69) is 129 Å². The maximum atomic E-state index is 3.80. The van der Waals surface area contributed by atoms with Gasteiger partial charge in [0.25, 0.3) is 0 Å². The van der Waals surface area contributed by atoms with Crippen molar-refractivity contribution >= 4 is 18.5 Å². The van der Waals surface area contributed by atoms with Crippen molar-refractivity contribution in [1.82, 2.24) is 0 Å². The summed E-state index contributed by atoms with van der Waals surface area (Å²) in [6.45, 7) is 5.91. The molecule has 0 spiro atoms. The normalized spacial score (nSPS) is 17.2. The molecule has 32 heavy (non-hydrogen) atoms. The highest BCUT2D eigenvalue weighted by Gasteiger charge is 2.21. The molecule has 1 aliphatic carbocycles. The van der Waals surface area contributed by atoms with Crippen molar-refractivity contribution in [1.29, 1.82) is 0 Å². The summed E-state index contributed by atoms with van der Waals surface area (Å²) in [5, 5.41) is 4.21. The van der Waals surface area contributed by atoms with Gasteiger partial charge < -0.3 is 0 Å². The SMILES string of the molecule is C=C/C=C\C(=C/C)C1C=CC(P(c2ccccc2)c2ccc(-c3ccccc3)cc2)=CC1. The molecular weight excluding hydrogens is 403 g/mol. The second kappa shape index (κ2) is 10.9. The van der Waals surface area contributed by atoms with Crippen LogP contribution in [0.3, 0.4) is 0 Å². The molecule has 0 saturated carbocycles. The van der Waals surface area contributed by atoms with Gasteiger partial charge in [-0.3, -0.25) is 0 Å². The Morgan fingerprint density at radius 2 is 1.47 bits per heavy atom. The summed E-state index contributed by atoms with van der Waals surface area (Å²) in [6, 6.07) is 30.7. The van der Waals surface area contributed by atoms with Crippen LogP contribution in [0.25, 0.3) is 11.1 Å². The third-order valence-corrected chi connectivity index (χ3v) is 8.25. The molecule has 3 aromatic rings. The van der Waals surface area contributed by atoms with Gasteiger partial charge in [-0.15, -0.1) is 0 Å². The summed E-state index contributed by atoms with van der Waals surface area (Å²) in [5.74, 6) is 0.424. The lowest BCUT2D eigenvalue weighted by Gasteiger charge is -2.25. The van der Waals surface area contributed by atoms with Crippen LogP contribution < -0.4 is 10.6 Å². The Morgan fingerprint density at radius 1 is 0.844 bits per heavy atom. The molecule has 3 aromatic carbocycles. The van der Waals surface area contributed by atoms with Crippen LogP contribution in [0.1, 0.15) is 13.3 Å². The first kappa shape index (κ1) is 22.0. The lowest BCUT2D eigenvalue weighted by molar-refractivity contribution is 0.783. The second-order valence-electron chi connectivity index (χ2n) is 7.80. The van der Waals surface area contributed by atoms with Crippen LogP contribution in [0, 0.1) is 5.92 Å². The van der Waals surface area contributed by atoms with Crippen LogP contribution in [0.2, 0.25) is 0 Å². The Balaban J connectivity index is 1.64. The van der Waals surface area contributed by atoms with Crippen molar-refractivity contribution in [2.24, 2.45) is 5.92 Å². The molecule has 0 bridgehead atoms. The lowest BCUT2D eigenvalue weighted by Crippen LogP contribution is -2.14. The van der Waals surface area contributed by atoms with Crippen molar-refractivity contribution in [3.8, 4) is 11.1 Å². The van der Waals surface area contributed by atoms with Gasteiger partial charge in [-0.05, 0) is 53.9 Å². The molecule has 158 valence electrons. The van der Waals surface area contributed by atoms with Crippen LogP contribution in [-0.2, 0) is 0 Å². The largest absolute Gasteiger partial charge is 0.0991 e. The van der Waals surface area contributed by atoms with E-state index in [9.17, 15) is 0 Å². The summed E-state index contributed by atoms with van der Waals surface area (Å²) in [4.78, 5) is 0. The van der Waals surface area contributed by atoms with Crippen molar-refractivity contribution in [3.63, 3.8) is 0 Å². The molecule has 4 rings (SSSR count). The van der Waals surface area contributed by atoms with Gasteiger partial charge >= 0.3 is 0 Å². The van der Waals surface area contributed by atoms with Gasteiger partial charge in [-0.2, -0.15) is 0 Å². The first-order valence-corrected chi connectivity index (χ1v) is 12.5. The van der Waals surface area contributed by atoms with Gasteiger partial charge in [-0.1, -0.05) is 134 Å². The van der Waals surface area contributed by atoms with E-state index in [0.717, 1.165) is 6.42 Å². The monoisotopic (exact) mass is 432 g/mol. The number of allylic oxidation sites excluding steroid dienone is 9. The highest BCUT2D eigenvalue weighted by molar-refractivity contribution is 7.77. The summed E-state index contributed by atoms with van der Waals surface area (Å²) < 4.78 is 0. The zero-order valence-corrected chi connectivity index (χ0v) is 19.5. The third-order valence-electron chi connectivity index (χ3n) is 5.77. The number of hydrogen-bond donors (Lipinski definition) is 0. The summed E-state index contributed by atoms with van der Waals surface area (Å²) >= 11 is 0. The smallest absolute Gasteiger partial charge is 0.00529 e. The Bertz CT molecular complexity index is 1150. The molecule has 1 heteroatoms. The Labute approximate surface area is 193 Å². The maximum absolute atomic E-state index is 3.80. The lowest BCUT2D eigenvalue weighted by atomic mass is 9.91. The predicted molar refractivity (Wildman–Crippen MR) is 143 cm³/mol. The van der Waals surface area contributed by atoms with Crippen LogP contribution in [0.15, 0.2) is 145 Å². The van der Waals surface area contributed by atoms with Crippen molar-refractivity contribution in [2.45, 2.75) is 13.3 Å². The Kier molecular flexibility index (Phi) is 7.49. The highest BCUT2D eigenvalue weighted by Crippen LogP contribution is 2.46. The average molecular weight is 433 g/mol. The molecule has 0 fully saturated rings. The van der Waals surface area contributed by atoms with E-state index in [-0.39, 0.29) is 0 Å². The Morgan fingerprint density at radius 3 is 2.06 bits per heavy atom. The quantitative estimate of drug-likeness (QED) is 0.263. The topological polar surface area (TPSA) is 0 Å². The fourth-order valence-corrected chi connectivity index (χ4v) is 6.43. The molecule has 0 saturated heterocycles. The third kappa shape index (κ3) is 5.16. The van der Waals surface area contributed by atoms with Gasteiger partial charge in [0.05, 0.1) is 0 Å². The second-order valence-corrected chi connectivity index (χ2v) is 10.0. The molecule has 0 heterocycles. The van der Waals surface area contributed by atoms with Crippen molar-refractivity contribution < 1.29 is 0 Å². The van der Waals surface area contributed by atoms with Gasteiger partial charge in [0.1, 0.15) is 0 Å². The molecule has 2 atom stereocenters. The minimum atomic E-state index is -0.583. The Hall–Kier alpha value is -3.21. The molecule has 0 amide bonds. The molecule has 0 aliphatic heterocycles. The number of benzene rings is 3. The zero-order chi connectivity index (χ0) is 22.2.